The molecule has 32 heavy (non-hydrogen) atoms. The van der Waals surface area contributed by atoms with E-state index in [1.54, 1.807) is 0 Å². The number of nitrogens with zero attached hydrogens (tertiary/aromatic N) is 4. The minimum atomic E-state index is 0.878. The van der Waals surface area contributed by atoms with Crippen molar-refractivity contribution in [3.8, 4) is 22.8 Å². The molecule has 0 atom stereocenters. The summed E-state index contributed by atoms with van der Waals surface area (Å²) in [5.74, 6) is 1.76. The second-order valence-corrected chi connectivity index (χ2v) is 9.65. The van der Waals surface area contributed by atoms with Crippen molar-refractivity contribution in [1.29, 1.82) is 0 Å². The van der Waals surface area contributed by atoms with Gasteiger partial charge < -0.3 is 19.8 Å². The molecule has 0 amide bonds. The van der Waals surface area contributed by atoms with Crippen LogP contribution < -0.4 is 4.90 Å². The first kappa shape index (κ1) is 19.8. The molecule has 0 unspecified atom stereocenters. The van der Waals surface area contributed by atoms with Crippen molar-refractivity contribution < 1.29 is 0 Å². The van der Waals surface area contributed by atoms with Crippen LogP contribution in [0.25, 0.3) is 44.8 Å². The maximum atomic E-state index is 4.85. The number of H-pyrrole nitrogens is 2. The fraction of sp³-hybridized carbons (Fsp3) is 0.200. The summed E-state index contributed by atoms with van der Waals surface area (Å²) < 4.78 is 1.21. The number of imidazole rings is 2. The lowest BCUT2D eigenvalue weighted by atomic mass is 10.2. The molecule has 5 aromatic rings. The van der Waals surface area contributed by atoms with E-state index in [4.69, 9.17) is 9.97 Å². The topological polar surface area (TPSA) is 63.8 Å². The fourth-order valence-corrected chi connectivity index (χ4v) is 4.66. The van der Waals surface area contributed by atoms with Gasteiger partial charge in [-0.2, -0.15) is 0 Å². The van der Waals surface area contributed by atoms with Crippen molar-refractivity contribution in [2.24, 2.45) is 0 Å². The molecule has 6 nitrogen and oxygen atoms in total. The number of nitrogens with one attached hydrogen (secondary N) is 2. The molecule has 1 aliphatic rings. The van der Waals surface area contributed by atoms with Crippen molar-refractivity contribution in [1.82, 2.24) is 24.8 Å². The summed E-state index contributed by atoms with van der Waals surface area (Å²) in [6.07, 6.45) is 0. The van der Waals surface area contributed by atoms with E-state index in [0.717, 1.165) is 71.0 Å². The Kier molecular flexibility index (Phi) is 4.87. The number of fused-ring (bicyclic) bond motifs is 2. The Balaban J connectivity index is 1.32. The number of benzene rings is 3. The highest BCUT2D eigenvalue weighted by atomic mass is 127. The lowest BCUT2D eigenvalue weighted by Crippen LogP contribution is -2.44. The Morgan fingerprint density at radius 3 is 2.03 bits per heavy atom. The third-order valence-electron chi connectivity index (χ3n) is 6.21. The van der Waals surface area contributed by atoms with Gasteiger partial charge in [-0.25, -0.2) is 9.97 Å². The van der Waals surface area contributed by atoms with Crippen molar-refractivity contribution in [2.45, 2.75) is 0 Å². The Labute approximate surface area is 199 Å². The third-order valence-corrected chi connectivity index (χ3v) is 6.93. The third kappa shape index (κ3) is 3.65. The SMILES string of the molecule is CN1CCN(c2ccc3nc(-c4ccc5nc(-c6ccc(I)cc6)[nH]c5c4)[nH]c3c2)CC1. The van der Waals surface area contributed by atoms with Crippen molar-refractivity contribution in [3.05, 3.63) is 64.2 Å². The average Bonchev–Trinajstić information content (AvgIpc) is 3.43. The molecule has 0 saturated carbocycles. The molecule has 0 radical (unpaired) electrons. The molecule has 7 heteroatoms. The van der Waals surface area contributed by atoms with Crippen LogP contribution in [-0.2, 0) is 0 Å². The molecule has 3 heterocycles. The number of anilines is 1. The molecule has 3 aromatic carbocycles. The van der Waals surface area contributed by atoms with Gasteiger partial charge in [-0.05, 0) is 78.2 Å². The predicted molar refractivity (Wildman–Crippen MR) is 139 cm³/mol. The summed E-state index contributed by atoms with van der Waals surface area (Å²) in [5.41, 5.74) is 7.41. The molecule has 1 fully saturated rings. The van der Waals surface area contributed by atoms with Gasteiger partial charge in [-0.3, -0.25) is 0 Å². The van der Waals surface area contributed by atoms with Crippen LogP contribution in [-0.4, -0.2) is 58.1 Å². The summed E-state index contributed by atoms with van der Waals surface area (Å²) in [4.78, 5) is 21.4. The van der Waals surface area contributed by atoms with Gasteiger partial charge in [0.05, 0.1) is 22.1 Å². The molecule has 2 aromatic heterocycles. The number of halogens is 1. The van der Waals surface area contributed by atoms with E-state index in [9.17, 15) is 0 Å². The van der Waals surface area contributed by atoms with Gasteiger partial charge in [0.25, 0.3) is 0 Å². The number of likely N-dealkylation sites (N-methyl/N-ethyl adjacent to an activating group) is 1. The van der Waals surface area contributed by atoms with Gasteiger partial charge in [-0.15, -0.1) is 0 Å². The monoisotopic (exact) mass is 534 g/mol. The summed E-state index contributed by atoms with van der Waals surface area (Å²) >= 11 is 2.32. The zero-order valence-corrected chi connectivity index (χ0v) is 19.9. The smallest absolute Gasteiger partial charge is 0.138 e. The predicted octanol–water partition coefficient (Wildman–Crippen LogP) is 5.13. The van der Waals surface area contributed by atoms with Crippen LogP contribution in [0.5, 0.6) is 0 Å². The Morgan fingerprint density at radius 1 is 0.719 bits per heavy atom. The molecule has 1 saturated heterocycles. The van der Waals surface area contributed by atoms with E-state index in [1.807, 2.05) is 0 Å². The summed E-state index contributed by atoms with van der Waals surface area (Å²) in [7, 11) is 2.18. The number of hydrogen-bond acceptors (Lipinski definition) is 4. The quantitative estimate of drug-likeness (QED) is 0.315. The van der Waals surface area contributed by atoms with E-state index >= 15 is 0 Å². The number of rotatable bonds is 3. The van der Waals surface area contributed by atoms with Gasteiger partial charge in [0.2, 0.25) is 0 Å². The first-order valence-electron chi connectivity index (χ1n) is 10.8. The number of piperazine rings is 1. The summed E-state index contributed by atoms with van der Waals surface area (Å²) in [6.45, 7) is 4.31. The first-order valence-corrected chi connectivity index (χ1v) is 11.9. The largest absolute Gasteiger partial charge is 0.369 e. The number of aromatic amines is 2. The normalized spacial score (nSPS) is 15.1. The van der Waals surface area contributed by atoms with Gasteiger partial charge in [0.1, 0.15) is 11.6 Å². The molecule has 0 bridgehead atoms. The Bertz CT molecular complexity index is 1410. The Hall–Kier alpha value is -2.91. The zero-order valence-electron chi connectivity index (χ0n) is 17.8. The van der Waals surface area contributed by atoms with Crippen LogP contribution in [0.15, 0.2) is 60.7 Å². The highest BCUT2D eigenvalue weighted by molar-refractivity contribution is 14.1. The summed E-state index contributed by atoms with van der Waals surface area (Å²) in [6, 6.07) is 21.2. The lowest BCUT2D eigenvalue weighted by Gasteiger charge is -2.34. The minimum absolute atomic E-state index is 0.878. The van der Waals surface area contributed by atoms with E-state index in [-0.39, 0.29) is 0 Å². The molecule has 0 aliphatic carbocycles. The van der Waals surface area contributed by atoms with Crippen LogP contribution in [0.2, 0.25) is 0 Å². The van der Waals surface area contributed by atoms with Gasteiger partial charge in [0.15, 0.2) is 0 Å². The molecular weight excluding hydrogens is 511 g/mol. The lowest BCUT2D eigenvalue weighted by molar-refractivity contribution is 0.313. The van der Waals surface area contributed by atoms with Gasteiger partial charge >= 0.3 is 0 Å². The number of aromatic nitrogens is 4. The van der Waals surface area contributed by atoms with E-state index in [0.29, 0.717) is 0 Å². The van der Waals surface area contributed by atoms with Crippen LogP contribution in [0.4, 0.5) is 5.69 Å². The van der Waals surface area contributed by atoms with E-state index in [1.165, 1.54) is 9.26 Å². The van der Waals surface area contributed by atoms with Crippen LogP contribution in [0, 0.1) is 3.57 Å². The van der Waals surface area contributed by atoms with E-state index in [2.05, 4.69) is 110 Å². The number of hydrogen-bond donors (Lipinski definition) is 2. The maximum absolute atomic E-state index is 4.85. The average molecular weight is 534 g/mol. The van der Waals surface area contributed by atoms with Gasteiger partial charge in [-0.1, -0.05) is 12.1 Å². The molecule has 2 N–H and O–H groups in total. The minimum Gasteiger partial charge on any atom is -0.369 e. The zero-order chi connectivity index (χ0) is 21.7. The molecule has 1 aliphatic heterocycles. The second-order valence-electron chi connectivity index (χ2n) is 8.40. The maximum Gasteiger partial charge on any atom is 0.138 e. The van der Waals surface area contributed by atoms with Crippen LogP contribution in [0.1, 0.15) is 0 Å². The fourth-order valence-electron chi connectivity index (χ4n) is 4.30. The molecule has 6 rings (SSSR count). The van der Waals surface area contributed by atoms with Gasteiger partial charge in [0, 0.05) is 46.6 Å². The van der Waals surface area contributed by atoms with Crippen molar-refractivity contribution in [3.63, 3.8) is 0 Å². The summed E-state index contributed by atoms with van der Waals surface area (Å²) in [5, 5.41) is 0. The van der Waals surface area contributed by atoms with E-state index < -0.39 is 0 Å². The van der Waals surface area contributed by atoms with Crippen molar-refractivity contribution >= 4 is 50.3 Å². The highest BCUT2D eigenvalue weighted by Gasteiger charge is 2.16. The van der Waals surface area contributed by atoms with Crippen molar-refractivity contribution in [2.75, 3.05) is 38.1 Å². The first-order chi connectivity index (χ1) is 15.6. The Morgan fingerprint density at radius 2 is 1.31 bits per heavy atom. The molecule has 160 valence electrons. The van der Waals surface area contributed by atoms with Crippen LogP contribution >= 0.6 is 22.6 Å². The highest BCUT2D eigenvalue weighted by Crippen LogP contribution is 2.28. The molecular formula is C25H23IN6. The molecule has 0 spiro atoms. The van der Waals surface area contributed by atoms with Crippen LogP contribution in [0.3, 0.4) is 0 Å². The standard InChI is InChI=1S/C25H23IN6/c1-31-10-12-32(13-11-31)19-7-9-21-23(15-19)30-25(28-21)17-4-8-20-22(14-17)29-24(27-20)16-2-5-18(26)6-3-16/h2-9,14-15H,10-13H2,1H3,(H,27,29)(H,28,30). The second kappa shape index (κ2) is 7.90.